The van der Waals surface area contributed by atoms with Crippen molar-refractivity contribution in [1.29, 1.82) is 0 Å². The molecule has 126 valence electrons. The summed E-state index contributed by atoms with van der Waals surface area (Å²) in [6.45, 7) is 8.92. The molecule has 1 aromatic carbocycles. The molecule has 2 rings (SSSR count). The van der Waals surface area contributed by atoms with Gasteiger partial charge in [0.2, 0.25) is 0 Å². The first kappa shape index (κ1) is 19.5. The van der Waals surface area contributed by atoms with E-state index in [0.717, 1.165) is 10.4 Å². The third kappa shape index (κ3) is 6.63. The van der Waals surface area contributed by atoms with Crippen molar-refractivity contribution in [2.45, 2.75) is 33.6 Å². The summed E-state index contributed by atoms with van der Waals surface area (Å²) in [5.74, 6) is -0.464. The van der Waals surface area contributed by atoms with Gasteiger partial charge in [-0.15, -0.1) is 11.3 Å². The van der Waals surface area contributed by atoms with Gasteiger partial charge in [0.15, 0.2) is 6.29 Å². The molecule has 0 aliphatic rings. The van der Waals surface area contributed by atoms with Crippen LogP contribution in [0.15, 0.2) is 30.3 Å². The normalized spacial score (nSPS) is 10.3. The van der Waals surface area contributed by atoms with Crippen LogP contribution < -0.4 is 0 Å². The molecule has 2 nitrogen and oxygen atoms in total. The van der Waals surface area contributed by atoms with Crippen LogP contribution in [0.2, 0.25) is 0 Å². The van der Waals surface area contributed by atoms with Crippen LogP contribution in [0, 0.1) is 12.7 Å². The summed E-state index contributed by atoms with van der Waals surface area (Å²) in [5, 5.41) is 0. The number of aryl methyl sites for hydroxylation is 1. The van der Waals surface area contributed by atoms with Crippen molar-refractivity contribution in [3.63, 3.8) is 0 Å². The van der Waals surface area contributed by atoms with Gasteiger partial charge in [-0.25, -0.2) is 4.39 Å². The van der Waals surface area contributed by atoms with Crippen LogP contribution in [0.25, 0.3) is 10.4 Å². The third-order valence-corrected chi connectivity index (χ3v) is 4.41. The largest absolute Gasteiger partial charge is 0.306 e. The zero-order chi connectivity index (χ0) is 17.2. The van der Waals surface area contributed by atoms with E-state index in [9.17, 15) is 9.18 Å². The maximum absolute atomic E-state index is 13.3. The van der Waals surface area contributed by atoms with Crippen molar-refractivity contribution >= 4 is 17.6 Å². The lowest BCUT2D eigenvalue weighted by atomic mass is 10.1. The average molecular weight is 335 g/mol. The van der Waals surface area contributed by atoms with Crippen molar-refractivity contribution < 1.29 is 9.18 Å². The zero-order valence-corrected chi connectivity index (χ0v) is 15.3. The molecule has 0 N–H and O–H groups in total. The number of aldehydes is 1. The second-order valence-corrected chi connectivity index (χ2v) is 6.86. The first-order valence-corrected chi connectivity index (χ1v) is 8.83. The number of carbonyl (C=O) groups excluding carboxylic acids is 1. The molecule has 23 heavy (non-hydrogen) atoms. The van der Waals surface area contributed by atoms with Gasteiger partial charge in [0.1, 0.15) is 5.82 Å². The summed E-state index contributed by atoms with van der Waals surface area (Å²) in [4.78, 5) is 15.0. The van der Waals surface area contributed by atoms with Crippen LogP contribution in [0.4, 0.5) is 4.39 Å². The van der Waals surface area contributed by atoms with E-state index < -0.39 is 5.82 Å². The third-order valence-electron chi connectivity index (χ3n) is 3.36. The van der Waals surface area contributed by atoms with Gasteiger partial charge in [0, 0.05) is 9.75 Å². The number of thiophene rings is 1. The number of hydrogen-bond donors (Lipinski definition) is 0. The fourth-order valence-electron chi connectivity index (χ4n) is 2.24. The highest BCUT2D eigenvalue weighted by atomic mass is 32.1. The predicted octanol–water partition coefficient (Wildman–Crippen LogP) is 5.41. The van der Waals surface area contributed by atoms with Crippen molar-refractivity contribution in [3.8, 4) is 10.4 Å². The summed E-state index contributed by atoms with van der Waals surface area (Å²) in [7, 11) is 2.17. The average Bonchev–Trinajstić information content (AvgIpc) is 2.95. The van der Waals surface area contributed by atoms with Crippen LogP contribution in [-0.2, 0) is 0 Å². The Bertz CT molecular complexity index is 603. The molecule has 0 unspecified atom stereocenters. The lowest BCUT2D eigenvalue weighted by molar-refractivity contribution is 0.112. The number of carbonyl (C=O) groups is 1. The van der Waals surface area contributed by atoms with E-state index in [1.807, 2.05) is 19.1 Å². The number of nitrogens with zero attached hydrogens (tertiary/aromatic N) is 1. The van der Waals surface area contributed by atoms with Crippen LogP contribution in [0.3, 0.4) is 0 Å². The molecule has 2 aromatic rings. The molecule has 0 aliphatic heterocycles. The predicted molar refractivity (Wildman–Crippen MR) is 97.9 cm³/mol. The van der Waals surface area contributed by atoms with Gasteiger partial charge in [0.25, 0.3) is 0 Å². The Morgan fingerprint density at radius 1 is 1.13 bits per heavy atom. The Kier molecular flexibility index (Phi) is 8.74. The maximum Gasteiger partial charge on any atom is 0.152 e. The van der Waals surface area contributed by atoms with Crippen molar-refractivity contribution in [2.75, 3.05) is 20.1 Å². The van der Waals surface area contributed by atoms with E-state index in [1.165, 1.54) is 42.9 Å². The van der Waals surface area contributed by atoms with Gasteiger partial charge in [-0.3, -0.25) is 4.79 Å². The van der Waals surface area contributed by atoms with E-state index in [0.29, 0.717) is 6.29 Å². The molecule has 4 heteroatoms. The summed E-state index contributed by atoms with van der Waals surface area (Å²) in [6.07, 6.45) is 3.08. The van der Waals surface area contributed by atoms with E-state index >= 15 is 0 Å². The van der Waals surface area contributed by atoms with Gasteiger partial charge in [-0.2, -0.15) is 0 Å². The molecule has 0 radical (unpaired) electrons. The van der Waals surface area contributed by atoms with Crippen LogP contribution in [0.5, 0.6) is 0 Å². The minimum Gasteiger partial charge on any atom is -0.306 e. The minimum absolute atomic E-state index is 0.104. The zero-order valence-electron chi connectivity index (χ0n) is 14.4. The minimum atomic E-state index is -0.464. The molecule has 1 aromatic heterocycles. The first-order chi connectivity index (χ1) is 11.0. The van der Waals surface area contributed by atoms with Crippen LogP contribution in [0.1, 0.15) is 41.9 Å². The SMILES string of the molecule is CCCN(C)CCC.Cc1ccc(-c2ccc(C=O)c(F)c2)s1. The monoisotopic (exact) mass is 335 g/mol. The fraction of sp³-hybridized carbons (Fsp3) is 0.421. The van der Waals surface area contributed by atoms with Gasteiger partial charge in [-0.1, -0.05) is 19.9 Å². The molecule has 0 saturated carbocycles. The molecular weight excluding hydrogens is 309 g/mol. The fourth-order valence-corrected chi connectivity index (χ4v) is 3.10. The molecule has 0 bridgehead atoms. The highest BCUT2D eigenvalue weighted by Crippen LogP contribution is 2.28. The van der Waals surface area contributed by atoms with Crippen LogP contribution in [-0.4, -0.2) is 31.3 Å². The Morgan fingerprint density at radius 3 is 2.22 bits per heavy atom. The topological polar surface area (TPSA) is 20.3 Å². The summed E-state index contributed by atoms with van der Waals surface area (Å²) >= 11 is 1.61. The van der Waals surface area contributed by atoms with Gasteiger partial charge >= 0.3 is 0 Å². The molecular formula is C19H26FNOS. The Hall–Kier alpha value is -1.52. The lowest BCUT2D eigenvalue weighted by Gasteiger charge is -2.12. The standard InChI is InChI=1S/C12H9FOS.C7H17N/c1-8-2-5-12(15-8)9-3-4-10(7-14)11(13)6-9;1-4-6-8(3)7-5-2/h2-7H,1H3;4-7H2,1-3H3. The van der Waals surface area contributed by atoms with Gasteiger partial charge < -0.3 is 4.90 Å². The van der Waals surface area contributed by atoms with Crippen LogP contribution >= 0.6 is 11.3 Å². The van der Waals surface area contributed by atoms with E-state index in [4.69, 9.17) is 0 Å². The molecule has 0 saturated heterocycles. The Balaban J connectivity index is 0.000000284. The smallest absolute Gasteiger partial charge is 0.152 e. The van der Waals surface area contributed by atoms with E-state index in [1.54, 1.807) is 17.4 Å². The molecule has 1 heterocycles. The van der Waals surface area contributed by atoms with Gasteiger partial charge in [-0.05, 0) is 69.7 Å². The van der Waals surface area contributed by atoms with E-state index in [2.05, 4.69) is 25.8 Å². The van der Waals surface area contributed by atoms with Gasteiger partial charge in [0.05, 0.1) is 5.56 Å². The van der Waals surface area contributed by atoms with Crippen molar-refractivity contribution in [1.82, 2.24) is 4.90 Å². The molecule has 0 amide bonds. The first-order valence-electron chi connectivity index (χ1n) is 8.01. The van der Waals surface area contributed by atoms with Crippen molar-refractivity contribution in [3.05, 3.63) is 46.6 Å². The quantitative estimate of drug-likeness (QED) is 0.658. The number of rotatable bonds is 6. The Morgan fingerprint density at radius 2 is 1.78 bits per heavy atom. The number of hydrogen-bond acceptors (Lipinski definition) is 3. The molecule has 0 spiro atoms. The maximum atomic E-state index is 13.3. The second kappa shape index (κ2) is 10.3. The number of benzene rings is 1. The molecule has 0 aliphatic carbocycles. The highest BCUT2D eigenvalue weighted by Gasteiger charge is 2.05. The lowest BCUT2D eigenvalue weighted by Crippen LogP contribution is -2.19. The van der Waals surface area contributed by atoms with Crippen molar-refractivity contribution in [2.24, 2.45) is 0 Å². The molecule has 0 atom stereocenters. The second-order valence-electron chi connectivity index (χ2n) is 5.57. The Labute approximate surface area is 143 Å². The molecule has 0 fully saturated rings. The van der Waals surface area contributed by atoms with E-state index in [-0.39, 0.29) is 5.56 Å². The summed E-state index contributed by atoms with van der Waals surface area (Å²) in [5.41, 5.74) is 0.920. The number of halogens is 1. The highest BCUT2D eigenvalue weighted by molar-refractivity contribution is 7.15. The summed E-state index contributed by atoms with van der Waals surface area (Å²) < 4.78 is 13.3. The summed E-state index contributed by atoms with van der Waals surface area (Å²) in [6, 6.07) is 8.61.